The van der Waals surface area contributed by atoms with Crippen molar-refractivity contribution in [1.29, 1.82) is 0 Å². The first-order chi connectivity index (χ1) is 11.9. The van der Waals surface area contributed by atoms with Crippen molar-refractivity contribution in [1.82, 2.24) is 5.32 Å². The first-order valence-electron chi connectivity index (χ1n) is 8.28. The van der Waals surface area contributed by atoms with E-state index in [-0.39, 0.29) is 24.2 Å². The highest BCUT2D eigenvalue weighted by Gasteiger charge is 2.34. The minimum atomic E-state index is -0.421. The number of ether oxygens (including phenoxy) is 2. The van der Waals surface area contributed by atoms with Gasteiger partial charge in [0.15, 0.2) is 0 Å². The quantitative estimate of drug-likeness (QED) is 0.919. The van der Waals surface area contributed by atoms with Gasteiger partial charge in [-0.3, -0.25) is 4.79 Å². The molecule has 0 aromatic heterocycles. The third-order valence-electron chi connectivity index (χ3n) is 4.32. The van der Waals surface area contributed by atoms with E-state index in [1.807, 2.05) is 32.0 Å². The van der Waals surface area contributed by atoms with E-state index >= 15 is 0 Å². The van der Waals surface area contributed by atoms with Crippen LogP contribution in [0.4, 0.5) is 4.39 Å². The van der Waals surface area contributed by atoms with E-state index in [4.69, 9.17) is 9.47 Å². The number of benzene rings is 2. The van der Waals surface area contributed by atoms with Crippen molar-refractivity contribution >= 4 is 5.91 Å². The highest BCUT2D eigenvalue weighted by atomic mass is 19.1. The summed E-state index contributed by atoms with van der Waals surface area (Å²) in [5, 5.41) is 3.02. The maximum absolute atomic E-state index is 13.8. The molecular formula is C20H22FNO3. The normalized spacial score (nSPS) is 18.0. The molecule has 0 spiro atoms. The Balaban J connectivity index is 1.80. The predicted octanol–water partition coefficient (Wildman–Crippen LogP) is 3.80. The minimum absolute atomic E-state index is 0.00987. The summed E-state index contributed by atoms with van der Waals surface area (Å²) in [6.45, 7) is 3.96. The SMILES string of the molecule is COc1ccc2c(c1)OC(C)(C)C[C@@H]2NC(=O)Cc1ccccc1F. The van der Waals surface area contributed by atoms with Gasteiger partial charge in [0.25, 0.3) is 0 Å². The van der Waals surface area contributed by atoms with Gasteiger partial charge in [0.2, 0.25) is 5.91 Å². The molecule has 0 aliphatic carbocycles. The number of hydrogen-bond acceptors (Lipinski definition) is 3. The molecular weight excluding hydrogens is 321 g/mol. The van der Waals surface area contributed by atoms with Crippen LogP contribution in [-0.4, -0.2) is 18.6 Å². The summed E-state index contributed by atoms with van der Waals surface area (Å²) in [6, 6.07) is 11.7. The fourth-order valence-electron chi connectivity index (χ4n) is 3.15. The highest BCUT2D eigenvalue weighted by Crippen LogP contribution is 2.41. The molecule has 0 bridgehead atoms. The molecule has 4 nitrogen and oxygen atoms in total. The fourth-order valence-corrected chi connectivity index (χ4v) is 3.15. The fraction of sp³-hybridized carbons (Fsp3) is 0.350. The summed E-state index contributed by atoms with van der Waals surface area (Å²) in [5.41, 5.74) is 0.873. The molecule has 1 aliphatic heterocycles. The number of amides is 1. The van der Waals surface area contributed by atoms with E-state index in [0.29, 0.717) is 23.5 Å². The number of carbonyl (C=O) groups is 1. The summed E-state index contributed by atoms with van der Waals surface area (Å²) in [7, 11) is 1.60. The topological polar surface area (TPSA) is 47.6 Å². The van der Waals surface area contributed by atoms with Gasteiger partial charge in [-0.2, -0.15) is 0 Å². The van der Waals surface area contributed by atoms with Gasteiger partial charge < -0.3 is 14.8 Å². The Morgan fingerprint density at radius 1 is 1.32 bits per heavy atom. The van der Waals surface area contributed by atoms with Gasteiger partial charge in [-0.15, -0.1) is 0 Å². The molecule has 0 saturated carbocycles. The number of hydrogen-bond donors (Lipinski definition) is 1. The summed E-state index contributed by atoms with van der Waals surface area (Å²) >= 11 is 0. The molecule has 2 aromatic carbocycles. The van der Waals surface area contributed by atoms with Crippen LogP contribution in [0, 0.1) is 5.82 Å². The second-order valence-electron chi connectivity index (χ2n) is 6.86. The Morgan fingerprint density at radius 2 is 2.08 bits per heavy atom. The molecule has 0 saturated heterocycles. The van der Waals surface area contributed by atoms with E-state index in [2.05, 4.69) is 5.32 Å². The molecule has 0 unspecified atom stereocenters. The maximum atomic E-state index is 13.8. The van der Waals surface area contributed by atoms with Crippen LogP contribution in [0.5, 0.6) is 11.5 Å². The van der Waals surface area contributed by atoms with Gasteiger partial charge in [-0.25, -0.2) is 4.39 Å². The van der Waals surface area contributed by atoms with Crippen LogP contribution in [0.3, 0.4) is 0 Å². The van der Waals surface area contributed by atoms with Gasteiger partial charge in [-0.05, 0) is 37.6 Å². The van der Waals surface area contributed by atoms with Gasteiger partial charge in [0.1, 0.15) is 22.9 Å². The predicted molar refractivity (Wildman–Crippen MR) is 93.3 cm³/mol. The molecule has 132 valence electrons. The Kier molecular flexibility index (Phi) is 4.66. The Bertz CT molecular complexity index is 788. The average molecular weight is 343 g/mol. The molecule has 5 heteroatoms. The van der Waals surface area contributed by atoms with Crippen molar-refractivity contribution < 1.29 is 18.7 Å². The lowest BCUT2D eigenvalue weighted by molar-refractivity contribution is -0.121. The zero-order chi connectivity index (χ0) is 18.0. The van der Waals surface area contributed by atoms with Crippen molar-refractivity contribution in [3.63, 3.8) is 0 Å². The summed E-state index contributed by atoms with van der Waals surface area (Å²) in [4.78, 5) is 12.4. The number of methoxy groups -OCH3 is 1. The first kappa shape index (κ1) is 17.3. The summed E-state index contributed by atoms with van der Waals surface area (Å²) in [5.74, 6) is 0.823. The monoisotopic (exact) mass is 343 g/mol. The van der Waals surface area contributed by atoms with E-state index in [9.17, 15) is 9.18 Å². The molecule has 1 aliphatic rings. The number of fused-ring (bicyclic) bond motifs is 1. The van der Waals surface area contributed by atoms with E-state index in [0.717, 1.165) is 5.56 Å². The van der Waals surface area contributed by atoms with Gasteiger partial charge in [0.05, 0.1) is 19.6 Å². The van der Waals surface area contributed by atoms with Gasteiger partial charge in [-0.1, -0.05) is 18.2 Å². The van der Waals surface area contributed by atoms with Crippen molar-refractivity contribution in [3.05, 3.63) is 59.4 Å². The van der Waals surface area contributed by atoms with E-state index in [1.54, 1.807) is 25.3 Å². The van der Waals surface area contributed by atoms with Crippen LogP contribution in [0.2, 0.25) is 0 Å². The highest BCUT2D eigenvalue weighted by molar-refractivity contribution is 5.79. The smallest absolute Gasteiger partial charge is 0.225 e. The van der Waals surface area contributed by atoms with Crippen LogP contribution in [0.1, 0.15) is 37.4 Å². The van der Waals surface area contributed by atoms with Crippen molar-refractivity contribution in [3.8, 4) is 11.5 Å². The van der Waals surface area contributed by atoms with Crippen LogP contribution < -0.4 is 14.8 Å². The summed E-state index contributed by atoms with van der Waals surface area (Å²) < 4.78 is 25.0. The maximum Gasteiger partial charge on any atom is 0.225 e. The molecule has 0 radical (unpaired) electrons. The zero-order valence-corrected chi connectivity index (χ0v) is 14.6. The van der Waals surface area contributed by atoms with Crippen LogP contribution in [0.25, 0.3) is 0 Å². The lowest BCUT2D eigenvalue weighted by atomic mass is 9.89. The Morgan fingerprint density at radius 3 is 2.80 bits per heavy atom. The molecule has 0 fully saturated rings. The minimum Gasteiger partial charge on any atom is -0.497 e. The average Bonchev–Trinajstić information content (AvgIpc) is 2.55. The number of rotatable bonds is 4. The molecule has 1 atom stereocenters. The van der Waals surface area contributed by atoms with Crippen molar-refractivity contribution in [2.45, 2.75) is 38.3 Å². The van der Waals surface area contributed by atoms with Crippen molar-refractivity contribution in [2.24, 2.45) is 0 Å². The molecule has 1 N–H and O–H groups in total. The van der Waals surface area contributed by atoms with Crippen LogP contribution >= 0.6 is 0 Å². The first-order valence-corrected chi connectivity index (χ1v) is 8.28. The molecule has 25 heavy (non-hydrogen) atoms. The molecule has 3 rings (SSSR count). The largest absolute Gasteiger partial charge is 0.497 e. The van der Waals surface area contributed by atoms with E-state index < -0.39 is 5.60 Å². The van der Waals surface area contributed by atoms with Gasteiger partial charge >= 0.3 is 0 Å². The molecule has 1 heterocycles. The standard InChI is InChI=1S/C20H22FNO3/c1-20(2)12-17(15-9-8-14(24-3)11-18(15)25-20)22-19(23)10-13-6-4-5-7-16(13)21/h4-9,11,17H,10,12H2,1-3H3,(H,22,23)/t17-/m0/s1. The number of halogens is 1. The Hall–Kier alpha value is -2.56. The van der Waals surface area contributed by atoms with Gasteiger partial charge in [0, 0.05) is 18.1 Å². The molecule has 2 aromatic rings. The third-order valence-corrected chi connectivity index (χ3v) is 4.32. The van der Waals surface area contributed by atoms with E-state index in [1.165, 1.54) is 6.07 Å². The lowest BCUT2D eigenvalue weighted by Crippen LogP contribution is -2.41. The second kappa shape index (κ2) is 6.75. The number of carbonyl (C=O) groups excluding carboxylic acids is 1. The second-order valence-corrected chi connectivity index (χ2v) is 6.86. The zero-order valence-electron chi connectivity index (χ0n) is 14.6. The number of nitrogens with one attached hydrogen (secondary N) is 1. The van der Waals surface area contributed by atoms with Crippen LogP contribution in [0.15, 0.2) is 42.5 Å². The lowest BCUT2D eigenvalue weighted by Gasteiger charge is -2.38. The molecule has 1 amide bonds. The Labute approximate surface area is 147 Å². The third kappa shape index (κ3) is 3.92. The van der Waals surface area contributed by atoms with Crippen molar-refractivity contribution in [2.75, 3.05) is 7.11 Å². The van der Waals surface area contributed by atoms with Crippen LogP contribution in [-0.2, 0) is 11.2 Å². The summed E-state index contributed by atoms with van der Waals surface area (Å²) in [6.07, 6.45) is 0.644.